The fourth-order valence-corrected chi connectivity index (χ4v) is 3.14. The van der Waals surface area contributed by atoms with Crippen LogP contribution >= 0.6 is 0 Å². The van der Waals surface area contributed by atoms with Crippen molar-refractivity contribution in [2.75, 3.05) is 0 Å². The first kappa shape index (κ1) is 13.6. The van der Waals surface area contributed by atoms with Gasteiger partial charge in [0, 0.05) is 12.6 Å². The van der Waals surface area contributed by atoms with E-state index in [4.69, 9.17) is 6.35 Å². The Morgan fingerprint density at radius 3 is 2.17 bits per heavy atom. The predicted octanol–water partition coefficient (Wildman–Crippen LogP) is 5.82. The van der Waals surface area contributed by atoms with Crippen molar-refractivity contribution in [3.63, 3.8) is 0 Å². The summed E-state index contributed by atoms with van der Waals surface area (Å²) in [4.78, 5) is 4.91. The van der Waals surface area contributed by atoms with Crippen molar-refractivity contribution in [3.05, 3.63) is 84.4 Å². The van der Waals surface area contributed by atoms with Crippen LogP contribution < -0.4 is 0 Å². The van der Waals surface area contributed by atoms with Crippen molar-refractivity contribution >= 4 is 11.0 Å². The van der Waals surface area contributed by atoms with Gasteiger partial charge in [-0.15, -0.1) is 0 Å². The van der Waals surface area contributed by atoms with Crippen LogP contribution in [-0.2, 0) is 0 Å². The Labute approximate surface area is 143 Å². The summed E-state index contributed by atoms with van der Waals surface area (Å²) < 4.78 is 10.8. The molecule has 0 aliphatic rings. The third-order valence-electron chi connectivity index (χ3n) is 4.26. The van der Waals surface area contributed by atoms with E-state index in [9.17, 15) is 0 Å². The van der Waals surface area contributed by atoms with E-state index < -0.39 is 5.89 Å². The van der Waals surface area contributed by atoms with Gasteiger partial charge in [0.15, 0.2) is 0 Å². The average Bonchev–Trinajstić information content (AvgIpc) is 3.02. The minimum Gasteiger partial charge on any atom is -0.292 e. The number of nitrogens with zero attached hydrogens (tertiary/aromatic N) is 2. The van der Waals surface area contributed by atoms with E-state index in [1.165, 1.54) is 0 Å². The number of rotatable bonds is 3. The highest BCUT2D eigenvalue weighted by Gasteiger charge is 2.17. The van der Waals surface area contributed by atoms with Gasteiger partial charge in [0.1, 0.15) is 5.82 Å². The largest absolute Gasteiger partial charge is 0.292 e. The predicted molar refractivity (Wildman–Crippen MR) is 101 cm³/mol. The van der Waals surface area contributed by atoms with E-state index in [1.807, 2.05) is 68.4 Å². The fourth-order valence-electron chi connectivity index (χ4n) is 3.14. The molecule has 0 fully saturated rings. The van der Waals surface area contributed by atoms with Crippen LogP contribution in [0.4, 0.5) is 0 Å². The second-order valence-corrected chi connectivity index (χ2v) is 6.15. The molecule has 3 aromatic carbocycles. The Kier molecular flexibility index (Phi) is 3.37. The van der Waals surface area contributed by atoms with Gasteiger partial charge in [-0.05, 0) is 29.7 Å². The molecule has 0 saturated carbocycles. The highest BCUT2D eigenvalue weighted by molar-refractivity contribution is 5.86. The van der Waals surface area contributed by atoms with Crippen LogP contribution in [-0.4, -0.2) is 9.55 Å². The lowest BCUT2D eigenvalue weighted by molar-refractivity contribution is 0.868. The maximum Gasteiger partial charge on any atom is 0.145 e. The highest BCUT2D eigenvalue weighted by atomic mass is 15.1. The van der Waals surface area contributed by atoms with Crippen molar-refractivity contribution < 1.29 is 1.37 Å². The molecule has 0 saturated heterocycles. The van der Waals surface area contributed by atoms with Crippen LogP contribution in [0.25, 0.3) is 28.1 Å². The standard InChI is InChI=1S/C22H20N2/c1-16(2)19-14-9-15-20-21(19)24(18-12-7-4-8-13-18)22(23-20)17-10-5-3-6-11-17/h3-16H,1-2H3/i16D. The summed E-state index contributed by atoms with van der Waals surface area (Å²) in [6, 6.07) is 26.5. The summed E-state index contributed by atoms with van der Waals surface area (Å²) >= 11 is 0. The molecule has 118 valence electrons. The molecular formula is C22H20N2. The third-order valence-corrected chi connectivity index (χ3v) is 4.26. The van der Waals surface area contributed by atoms with Crippen LogP contribution in [0.1, 0.15) is 26.7 Å². The van der Waals surface area contributed by atoms with Crippen LogP contribution in [0.5, 0.6) is 0 Å². The summed E-state index contributed by atoms with van der Waals surface area (Å²) in [7, 11) is 0. The molecule has 0 aliphatic carbocycles. The zero-order chi connectivity index (χ0) is 17.4. The van der Waals surface area contributed by atoms with Gasteiger partial charge in [0.2, 0.25) is 0 Å². The smallest absolute Gasteiger partial charge is 0.145 e. The fraction of sp³-hybridized carbons (Fsp3) is 0.136. The molecular weight excluding hydrogens is 292 g/mol. The Bertz CT molecular complexity index is 1010. The molecule has 4 rings (SSSR count). The zero-order valence-electron chi connectivity index (χ0n) is 14.9. The minimum absolute atomic E-state index is 0.708. The number of aromatic nitrogens is 2. The van der Waals surface area contributed by atoms with Crippen LogP contribution in [0.3, 0.4) is 0 Å². The maximum absolute atomic E-state index is 8.59. The summed E-state index contributed by atoms with van der Waals surface area (Å²) in [6.45, 7) is 3.85. The topological polar surface area (TPSA) is 17.8 Å². The molecule has 0 N–H and O–H groups in total. The molecule has 0 unspecified atom stereocenters. The van der Waals surface area contributed by atoms with Crippen LogP contribution in [0, 0.1) is 0 Å². The average molecular weight is 313 g/mol. The summed E-state index contributed by atoms with van der Waals surface area (Å²) in [5.41, 5.74) is 5.02. The molecule has 0 atom stereocenters. The number of hydrogen-bond donors (Lipinski definition) is 0. The van der Waals surface area contributed by atoms with E-state index in [1.54, 1.807) is 0 Å². The van der Waals surface area contributed by atoms with Gasteiger partial charge in [-0.25, -0.2) is 4.98 Å². The van der Waals surface area contributed by atoms with Crippen molar-refractivity contribution in [1.82, 2.24) is 9.55 Å². The van der Waals surface area contributed by atoms with E-state index in [0.29, 0.717) is 0 Å². The molecule has 1 heterocycles. The van der Waals surface area contributed by atoms with Crippen molar-refractivity contribution in [1.29, 1.82) is 0 Å². The molecule has 0 radical (unpaired) electrons. The molecule has 0 amide bonds. The lowest BCUT2D eigenvalue weighted by atomic mass is 10.0. The van der Waals surface area contributed by atoms with E-state index >= 15 is 0 Å². The first-order chi connectivity index (χ1) is 12.1. The van der Waals surface area contributed by atoms with Gasteiger partial charge < -0.3 is 0 Å². The number of imidazole rings is 1. The molecule has 1 aromatic heterocycles. The third kappa shape index (κ3) is 2.41. The quantitative estimate of drug-likeness (QED) is 0.466. The molecule has 24 heavy (non-hydrogen) atoms. The van der Waals surface area contributed by atoms with Crippen molar-refractivity contribution in [2.24, 2.45) is 0 Å². The van der Waals surface area contributed by atoms with Gasteiger partial charge in [0.25, 0.3) is 0 Å². The summed E-state index contributed by atoms with van der Waals surface area (Å²) in [6.07, 6.45) is 0. The second-order valence-electron chi connectivity index (χ2n) is 6.15. The van der Waals surface area contributed by atoms with Gasteiger partial charge in [-0.2, -0.15) is 0 Å². The number of fused-ring (bicyclic) bond motifs is 1. The van der Waals surface area contributed by atoms with Crippen LogP contribution in [0.2, 0.25) is 0 Å². The Hall–Kier alpha value is -2.87. The molecule has 0 bridgehead atoms. The number of para-hydroxylation sites is 2. The van der Waals surface area contributed by atoms with Gasteiger partial charge in [-0.1, -0.05) is 74.5 Å². The molecule has 0 aliphatic heterocycles. The van der Waals surface area contributed by atoms with E-state index in [2.05, 4.69) is 28.8 Å². The first-order valence-corrected chi connectivity index (χ1v) is 8.18. The zero-order valence-corrected chi connectivity index (χ0v) is 13.9. The van der Waals surface area contributed by atoms with Crippen LogP contribution in [0.15, 0.2) is 78.9 Å². The lowest BCUT2D eigenvalue weighted by Crippen LogP contribution is -2.00. The normalized spacial score (nSPS) is 12.3. The maximum atomic E-state index is 8.59. The van der Waals surface area contributed by atoms with Gasteiger partial charge in [0.05, 0.1) is 11.0 Å². The summed E-state index contributed by atoms with van der Waals surface area (Å²) in [5.74, 6) is 0.193. The SMILES string of the molecule is [2H]C(C)(C)c1cccc2nc(-c3ccccc3)n(-c3ccccc3)c12. The highest BCUT2D eigenvalue weighted by Crippen LogP contribution is 2.33. The lowest BCUT2D eigenvalue weighted by Gasteiger charge is -2.13. The van der Waals surface area contributed by atoms with Crippen molar-refractivity contribution in [3.8, 4) is 17.1 Å². The van der Waals surface area contributed by atoms with Gasteiger partial charge >= 0.3 is 0 Å². The number of hydrogen-bond acceptors (Lipinski definition) is 1. The Morgan fingerprint density at radius 2 is 1.50 bits per heavy atom. The minimum atomic E-state index is -0.708. The monoisotopic (exact) mass is 313 g/mol. The number of benzene rings is 3. The van der Waals surface area contributed by atoms with E-state index in [0.717, 1.165) is 33.7 Å². The van der Waals surface area contributed by atoms with E-state index in [-0.39, 0.29) is 0 Å². The summed E-state index contributed by atoms with van der Waals surface area (Å²) in [5, 5.41) is 0. The molecule has 0 spiro atoms. The Morgan fingerprint density at radius 1 is 0.833 bits per heavy atom. The van der Waals surface area contributed by atoms with Gasteiger partial charge in [-0.3, -0.25) is 4.57 Å². The Balaban J connectivity index is 2.14. The second kappa shape index (κ2) is 5.97. The molecule has 4 aromatic rings. The molecule has 2 nitrogen and oxygen atoms in total. The van der Waals surface area contributed by atoms with Crippen molar-refractivity contribution in [2.45, 2.75) is 19.7 Å². The first-order valence-electron chi connectivity index (χ1n) is 8.68. The molecule has 2 heteroatoms.